The van der Waals surface area contributed by atoms with E-state index in [1.165, 1.54) is 5.56 Å². The molecule has 0 saturated carbocycles. The zero-order valence-electron chi connectivity index (χ0n) is 12.4. The minimum absolute atomic E-state index is 0.475. The van der Waals surface area contributed by atoms with Crippen molar-refractivity contribution in [1.82, 2.24) is 0 Å². The summed E-state index contributed by atoms with van der Waals surface area (Å²) in [5, 5.41) is 12.6. The van der Waals surface area contributed by atoms with Crippen molar-refractivity contribution in [2.45, 2.75) is 13.0 Å². The Labute approximate surface area is 124 Å². The Morgan fingerprint density at radius 2 is 1.57 bits per heavy atom. The van der Waals surface area contributed by atoms with E-state index in [-0.39, 0.29) is 0 Å². The lowest BCUT2D eigenvalue weighted by Crippen LogP contribution is -2.09. The first kappa shape index (κ1) is 14.7. The number of ether oxygens (including phenoxy) is 2. The maximum Gasteiger partial charge on any atom is 0.140 e. The number of nitrogens with one attached hydrogen (secondary N) is 1. The molecule has 1 N–H and O–H groups in total. The topological polar surface area (TPSA) is 54.3 Å². The number of nitrogens with zero attached hydrogens (tertiary/aromatic N) is 1. The zero-order chi connectivity index (χ0) is 15.2. The van der Waals surface area contributed by atoms with Gasteiger partial charge >= 0.3 is 0 Å². The zero-order valence-corrected chi connectivity index (χ0v) is 12.4. The highest BCUT2D eigenvalue weighted by Gasteiger charge is 2.13. The van der Waals surface area contributed by atoms with E-state index in [1.807, 2.05) is 43.3 Å². The number of methoxy groups -OCH3 is 2. The average Bonchev–Trinajstić information content (AvgIpc) is 2.53. The number of aryl methyl sites for hydroxylation is 1. The number of rotatable bonds is 5. The van der Waals surface area contributed by atoms with Gasteiger partial charge in [-0.05, 0) is 36.8 Å². The van der Waals surface area contributed by atoms with Crippen molar-refractivity contribution >= 4 is 5.69 Å². The van der Waals surface area contributed by atoms with Gasteiger partial charge < -0.3 is 14.8 Å². The Bertz CT molecular complexity index is 623. The first-order valence-corrected chi connectivity index (χ1v) is 6.62. The SMILES string of the molecule is COc1cc(OC)cc(C(C#N)Nc2ccc(C)cc2)c1. The molecular weight excluding hydrogens is 264 g/mol. The van der Waals surface area contributed by atoms with Gasteiger partial charge in [0.15, 0.2) is 0 Å². The van der Waals surface area contributed by atoms with Crippen molar-refractivity contribution in [2.75, 3.05) is 19.5 Å². The molecule has 0 aromatic heterocycles. The van der Waals surface area contributed by atoms with Crippen LogP contribution >= 0.6 is 0 Å². The van der Waals surface area contributed by atoms with Crippen LogP contribution in [-0.4, -0.2) is 14.2 Å². The first-order valence-electron chi connectivity index (χ1n) is 6.62. The quantitative estimate of drug-likeness (QED) is 0.908. The Morgan fingerprint density at radius 3 is 2.05 bits per heavy atom. The molecule has 0 fully saturated rings. The van der Waals surface area contributed by atoms with Crippen LogP contribution in [0, 0.1) is 18.3 Å². The van der Waals surface area contributed by atoms with Gasteiger partial charge in [0.1, 0.15) is 17.5 Å². The maximum atomic E-state index is 9.43. The molecule has 0 aliphatic heterocycles. The fourth-order valence-electron chi connectivity index (χ4n) is 2.00. The molecule has 1 atom stereocenters. The van der Waals surface area contributed by atoms with Gasteiger partial charge in [-0.1, -0.05) is 17.7 Å². The summed E-state index contributed by atoms with van der Waals surface area (Å²) in [6, 6.07) is 15.1. The predicted molar refractivity (Wildman–Crippen MR) is 82.7 cm³/mol. The van der Waals surface area contributed by atoms with Crippen LogP contribution in [-0.2, 0) is 0 Å². The van der Waals surface area contributed by atoms with Crippen molar-refractivity contribution < 1.29 is 9.47 Å². The van der Waals surface area contributed by atoms with E-state index in [4.69, 9.17) is 9.47 Å². The summed E-state index contributed by atoms with van der Waals surface area (Å²) in [6.07, 6.45) is 0. The summed E-state index contributed by atoms with van der Waals surface area (Å²) in [7, 11) is 3.18. The van der Waals surface area contributed by atoms with E-state index in [0.29, 0.717) is 11.5 Å². The Kier molecular flexibility index (Phi) is 4.68. The second-order valence-electron chi connectivity index (χ2n) is 4.72. The normalized spacial score (nSPS) is 11.3. The molecule has 0 aliphatic carbocycles. The molecule has 0 bridgehead atoms. The van der Waals surface area contributed by atoms with Crippen molar-refractivity contribution in [3.63, 3.8) is 0 Å². The van der Waals surface area contributed by atoms with Gasteiger partial charge in [-0.25, -0.2) is 0 Å². The monoisotopic (exact) mass is 282 g/mol. The number of anilines is 1. The largest absolute Gasteiger partial charge is 0.497 e. The minimum atomic E-state index is -0.475. The van der Waals surface area contributed by atoms with Gasteiger partial charge in [0.05, 0.1) is 20.3 Å². The third kappa shape index (κ3) is 3.67. The van der Waals surface area contributed by atoms with Crippen molar-refractivity contribution in [3.8, 4) is 17.6 Å². The standard InChI is InChI=1S/C17H18N2O2/c1-12-4-6-14(7-5-12)19-17(11-18)13-8-15(20-2)10-16(9-13)21-3/h4-10,17,19H,1-3H3. The van der Waals surface area contributed by atoms with Gasteiger partial charge in [0, 0.05) is 11.8 Å². The molecule has 108 valence electrons. The molecular formula is C17H18N2O2. The molecule has 0 heterocycles. The molecule has 2 rings (SSSR count). The van der Waals surface area contributed by atoms with Crippen LogP contribution in [0.3, 0.4) is 0 Å². The number of hydrogen-bond donors (Lipinski definition) is 1. The van der Waals surface area contributed by atoms with Crippen LogP contribution in [0.15, 0.2) is 42.5 Å². The summed E-state index contributed by atoms with van der Waals surface area (Å²) in [5.41, 5.74) is 2.88. The van der Waals surface area contributed by atoms with Gasteiger partial charge in [0.25, 0.3) is 0 Å². The van der Waals surface area contributed by atoms with Crippen LogP contribution < -0.4 is 14.8 Å². The smallest absolute Gasteiger partial charge is 0.140 e. The highest BCUT2D eigenvalue weighted by atomic mass is 16.5. The lowest BCUT2D eigenvalue weighted by molar-refractivity contribution is 0.393. The highest BCUT2D eigenvalue weighted by Crippen LogP contribution is 2.28. The fraction of sp³-hybridized carbons (Fsp3) is 0.235. The second-order valence-corrected chi connectivity index (χ2v) is 4.72. The summed E-state index contributed by atoms with van der Waals surface area (Å²) < 4.78 is 10.5. The molecule has 0 spiro atoms. The van der Waals surface area contributed by atoms with E-state index in [9.17, 15) is 5.26 Å². The molecule has 2 aromatic rings. The van der Waals surface area contributed by atoms with Crippen molar-refractivity contribution in [3.05, 3.63) is 53.6 Å². The van der Waals surface area contributed by atoms with Crippen LogP contribution in [0.5, 0.6) is 11.5 Å². The summed E-state index contributed by atoms with van der Waals surface area (Å²) in [5.74, 6) is 1.32. The second kappa shape index (κ2) is 6.67. The average molecular weight is 282 g/mol. The Hall–Kier alpha value is -2.67. The van der Waals surface area contributed by atoms with Crippen LogP contribution in [0.25, 0.3) is 0 Å². The lowest BCUT2D eigenvalue weighted by atomic mass is 10.1. The molecule has 1 unspecified atom stereocenters. The predicted octanol–water partition coefficient (Wildman–Crippen LogP) is 3.69. The van der Waals surface area contributed by atoms with Crippen LogP contribution in [0.4, 0.5) is 5.69 Å². The van der Waals surface area contributed by atoms with Crippen molar-refractivity contribution in [1.29, 1.82) is 5.26 Å². The fourth-order valence-corrected chi connectivity index (χ4v) is 2.00. The van der Waals surface area contributed by atoms with E-state index < -0.39 is 6.04 Å². The van der Waals surface area contributed by atoms with Crippen LogP contribution in [0.2, 0.25) is 0 Å². The van der Waals surface area contributed by atoms with Gasteiger partial charge in [0.2, 0.25) is 0 Å². The maximum absolute atomic E-state index is 9.43. The molecule has 2 aromatic carbocycles. The highest BCUT2D eigenvalue weighted by molar-refractivity contribution is 5.50. The molecule has 4 heteroatoms. The summed E-state index contributed by atoms with van der Waals surface area (Å²) >= 11 is 0. The molecule has 0 aliphatic rings. The lowest BCUT2D eigenvalue weighted by Gasteiger charge is -2.15. The van der Waals surface area contributed by atoms with Gasteiger partial charge in [-0.3, -0.25) is 0 Å². The van der Waals surface area contributed by atoms with Crippen LogP contribution in [0.1, 0.15) is 17.2 Å². The molecule has 4 nitrogen and oxygen atoms in total. The van der Waals surface area contributed by atoms with Crippen molar-refractivity contribution in [2.24, 2.45) is 0 Å². The Balaban J connectivity index is 2.28. The molecule has 0 amide bonds. The first-order chi connectivity index (χ1) is 10.2. The molecule has 0 radical (unpaired) electrons. The third-order valence-corrected chi connectivity index (χ3v) is 3.20. The van der Waals surface area contributed by atoms with E-state index in [2.05, 4.69) is 11.4 Å². The van der Waals surface area contributed by atoms with Gasteiger partial charge in [-0.15, -0.1) is 0 Å². The number of benzene rings is 2. The minimum Gasteiger partial charge on any atom is -0.497 e. The summed E-state index contributed by atoms with van der Waals surface area (Å²) in [6.45, 7) is 2.03. The Morgan fingerprint density at radius 1 is 1.00 bits per heavy atom. The summed E-state index contributed by atoms with van der Waals surface area (Å²) in [4.78, 5) is 0. The molecule has 21 heavy (non-hydrogen) atoms. The van der Waals surface area contributed by atoms with E-state index >= 15 is 0 Å². The number of nitriles is 1. The number of hydrogen-bond acceptors (Lipinski definition) is 4. The van der Waals surface area contributed by atoms with E-state index in [1.54, 1.807) is 20.3 Å². The van der Waals surface area contributed by atoms with E-state index in [0.717, 1.165) is 11.3 Å². The third-order valence-electron chi connectivity index (χ3n) is 3.20. The van der Waals surface area contributed by atoms with Gasteiger partial charge in [-0.2, -0.15) is 5.26 Å². The molecule has 0 saturated heterocycles.